The molecular formula is C15H17N3O3. The molecule has 0 saturated heterocycles. The molecule has 2 rings (SSSR count). The summed E-state index contributed by atoms with van der Waals surface area (Å²) in [4.78, 5) is 20.2. The van der Waals surface area contributed by atoms with Gasteiger partial charge in [0.15, 0.2) is 0 Å². The van der Waals surface area contributed by atoms with Crippen molar-refractivity contribution < 1.29 is 14.6 Å². The quantitative estimate of drug-likeness (QED) is 0.865. The number of rotatable bonds is 5. The van der Waals surface area contributed by atoms with Crippen molar-refractivity contribution in [3.8, 4) is 17.1 Å². The third-order valence-electron chi connectivity index (χ3n) is 2.93. The number of aliphatic hydroxyl groups excluding tert-OH is 1. The Morgan fingerprint density at radius 2 is 1.95 bits per heavy atom. The minimum atomic E-state index is -0.280. The Balaban J connectivity index is 2.21. The zero-order chi connectivity index (χ0) is 15.2. The molecule has 0 unspecified atom stereocenters. The van der Waals surface area contributed by atoms with E-state index in [0.29, 0.717) is 17.1 Å². The van der Waals surface area contributed by atoms with Crippen molar-refractivity contribution in [3.05, 3.63) is 42.2 Å². The highest BCUT2D eigenvalue weighted by Gasteiger charge is 2.11. The van der Waals surface area contributed by atoms with Gasteiger partial charge in [-0.2, -0.15) is 0 Å². The molecule has 110 valence electrons. The first-order chi connectivity index (χ1) is 10.2. The van der Waals surface area contributed by atoms with Crippen LogP contribution < -0.4 is 10.1 Å². The van der Waals surface area contributed by atoms with Gasteiger partial charge in [-0.25, -0.2) is 9.97 Å². The number of ether oxygens (including phenoxy) is 1. The second-order valence-electron chi connectivity index (χ2n) is 4.55. The third-order valence-corrected chi connectivity index (χ3v) is 2.93. The molecule has 1 aromatic heterocycles. The first-order valence-electron chi connectivity index (χ1n) is 6.53. The van der Waals surface area contributed by atoms with Crippen molar-refractivity contribution >= 4 is 5.91 Å². The molecular weight excluding hydrogens is 270 g/mol. The minimum Gasteiger partial charge on any atom is -0.479 e. The van der Waals surface area contributed by atoms with E-state index >= 15 is 0 Å². The van der Waals surface area contributed by atoms with Gasteiger partial charge in [0.1, 0.15) is 5.69 Å². The molecule has 6 heteroatoms. The molecule has 0 radical (unpaired) electrons. The average molecular weight is 287 g/mol. The Morgan fingerprint density at radius 3 is 2.57 bits per heavy atom. The lowest BCUT2D eigenvalue weighted by Gasteiger charge is -2.11. The molecule has 1 atom stereocenters. The second kappa shape index (κ2) is 6.81. The molecule has 6 nitrogen and oxygen atoms in total. The molecule has 0 fully saturated rings. The first-order valence-corrected chi connectivity index (χ1v) is 6.53. The Hall–Kier alpha value is -2.47. The van der Waals surface area contributed by atoms with E-state index in [1.54, 1.807) is 43.6 Å². The Morgan fingerprint density at radius 1 is 1.29 bits per heavy atom. The summed E-state index contributed by atoms with van der Waals surface area (Å²) in [5.41, 5.74) is 1.95. The van der Waals surface area contributed by atoms with E-state index in [0.717, 1.165) is 5.56 Å². The Bertz CT molecular complexity index is 614. The molecule has 21 heavy (non-hydrogen) atoms. The van der Waals surface area contributed by atoms with Gasteiger partial charge in [0.25, 0.3) is 5.91 Å². The van der Waals surface area contributed by atoms with E-state index < -0.39 is 0 Å². The van der Waals surface area contributed by atoms with Crippen LogP contribution in [0.25, 0.3) is 11.3 Å². The van der Waals surface area contributed by atoms with Crippen LogP contribution in [0.3, 0.4) is 0 Å². The molecule has 0 bridgehead atoms. The largest absolute Gasteiger partial charge is 0.479 e. The van der Waals surface area contributed by atoms with Crippen LogP contribution in [0.15, 0.2) is 36.7 Å². The maximum atomic E-state index is 11.9. The number of amides is 1. The SMILES string of the molecule is COc1nccnc1-c1ccc(C(=O)N[C@H](C)CO)cc1. The Kier molecular flexibility index (Phi) is 4.84. The van der Waals surface area contributed by atoms with Crippen molar-refractivity contribution in [2.45, 2.75) is 13.0 Å². The number of nitrogens with zero attached hydrogens (tertiary/aromatic N) is 2. The van der Waals surface area contributed by atoms with Gasteiger partial charge < -0.3 is 15.2 Å². The lowest BCUT2D eigenvalue weighted by molar-refractivity contribution is 0.0922. The van der Waals surface area contributed by atoms with Gasteiger partial charge in [0, 0.05) is 29.6 Å². The number of methoxy groups -OCH3 is 1. The smallest absolute Gasteiger partial charge is 0.251 e. The second-order valence-corrected chi connectivity index (χ2v) is 4.55. The van der Waals surface area contributed by atoms with Crippen molar-refractivity contribution in [2.24, 2.45) is 0 Å². The van der Waals surface area contributed by atoms with Crippen LogP contribution in [0.5, 0.6) is 5.88 Å². The molecule has 0 aliphatic heterocycles. The standard InChI is InChI=1S/C15H17N3O3/c1-10(9-19)18-14(20)12-5-3-11(4-6-12)13-15(21-2)17-8-7-16-13/h3-8,10,19H,9H2,1-2H3,(H,18,20)/t10-/m1/s1. The molecule has 1 heterocycles. The molecule has 1 amide bonds. The summed E-state index contributed by atoms with van der Waals surface area (Å²) in [6.45, 7) is 1.64. The zero-order valence-electron chi connectivity index (χ0n) is 11.9. The zero-order valence-corrected chi connectivity index (χ0v) is 11.9. The number of aromatic nitrogens is 2. The number of aliphatic hydroxyl groups is 1. The lowest BCUT2D eigenvalue weighted by atomic mass is 10.1. The molecule has 2 aromatic rings. The summed E-state index contributed by atoms with van der Waals surface area (Å²) in [5.74, 6) is 0.206. The van der Waals surface area contributed by atoms with Crippen molar-refractivity contribution in [2.75, 3.05) is 13.7 Å². The number of nitrogens with one attached hydrogen (secondary N) is 1. The fraction of sp³-hybridized carbons (Fsp3) is 0.267. The summed E-state index contributed by atoms with van der Waals surface area (Å²) in [6.07, 6.45) is 3.14. The normalized spacial score (nSPS) is 11.8. The summed E-state index contributed by atoms with van der Waals surface area (Å²) in [7, 11) is 1.53. The number of carbonyl (C=O) groups excluding carboxylic acids is 1. The van der Waals surface area contributed by atoms with E-state index in [4.69, 9.17) is 9.84 Å². The van der Waals surface area contributed by atoms with Crippen LogP contribution in [0, 0.1) is 0 Å². The summed E-state index contributed by atoms with van der Waals surface area (Å²) >= 11 is 0. The van der Waals surface area contributed by atoms with Gasteiger partial charge in [-0.05, 0) is 19.1 Å². The van der Waals surface area contributed by atoms with E-state index in [2.05, 4.69) is 15.3 Å². The first kappa shape index (κ1) is 14.9. The van der Waals surface area contributed by atoms with Crippen LogP contribution in [0.2, 0.25) is 0 Å². The number of carbonyl (C=O) groups is 1. The predicted octanol–water partition coefficient (Wildman–Crippen LogP) is 1.26. The lowest BCUT2D eigenvalue weighted by Crippen LogP contribution is -2.34. The summed E-state index contributed by atoms with van der Waals surface area (Å²) < 4.78 is 5.16. The topological polar surface area (TPSA) is 84.3 Å². The fourth-order valence-corrected chi connectivity index (χ4v) is 1.80. The van der Waals surface area contributed by atoms with Gasteiger partial charge >= 0.3 is 0 Å². The van der Waals surface area contributed by atoms with Crippen molar-refractivity contribution in [1.82, 2.24) is 15.3 Å². The summed E-state index contributed by atoms with van der Waals surface area (Å²) in [5, 5.41) is 11.6. The maximum absolute atomic E-state index is 11.9. The molecule has 2 N–H and O–H groups in total. The highest BCUT2D eigenvalue weighted by atomic mass is 16.5. The van der Waals surface area contributed by atoms with Gasteiger partial charge in [-0.1, -0.05) is 12.1 Å². The number of hydrogen-bond donors (Lipinski definition) is 2. The van der Waals surface area contributed by atoms with Gasteiger partial charge in [0.2, 0.25) is 5.88 Å². The fourth-order valence-electron chi connectivity index (χ4n) is 1.80. The third kappa shape index (κ3) is 3.55. The number of hydrogen-bond acceptors (Lipinski definition) is 5. The molecule has 0 saturated carbocycles. The van der Waals surface area contributed by atoms with Crippen LogP contribution in [-0.4, -0.2) is 40.7 Å². The van der Waals surface area contributed by atoms with Gasteiger partial charge in [-0.3, -0.25) is 4.79 Å². The summed E-state index contributed by atoms with van der Waals surface area (Å²) in [6, 6.07) is 6.68. The molecule has 1 aromatic carbocycles. The number of benzene rings is 1. The van der Waals surface area contributed by atoms with Crippen molar-refractivity contribution in [1.29, 1.82) is 0 Å². The molecule has 0 aliphatic rings. The van der Waals surface area contributed by atoms with Crippen molar-refractivity contribution in [3.63, 3.8) is 0 Å². The highest BCUT2D eigenvalue weighted by Crippen LogP contribution is 2.25. The highest BCUT2D eigenvalue weighted by molar-refractivity contribution is 5.94. The van der Waals surface area contributed by atoms with Gasteiger partial charge in [-0.15, -0.1) is 0 Å². The van der Waals surface area contributed by atoms with E-state index in [-0.39, 0.29) is 18.6 Å². The van der Waals surface area contributed by atoms with E-state index in [1.165, 1.54) is 7.11 Å². The Labute approximate surface area is 122 Å². The van der Waals surface area contributed by atoms with Crippen LogP contribution in [-0.2, 0) is 0 Å². The molecule has 0 aliphatic carbocycles. The van der Waals surface area contributed by atoms with E-state index in [1.807, 2.05) is 0 Å². The molecule has 0 spiro atoms. The van der Waals surface area contributed by atoms with Crippen LogP contribution in [0.1, 0.15) is 17.3 Å². The maximum Gasteiger partial charge on any atom is 0.251 e. The van der Waals surface area contributed by atoms with Crippen LogP contribution in [0.4, 0.5) is 0 Å². The average Bonchev–Trinajstić information content (AvgIpc) is 2.54. The minimum absolute atomic E-state index is 0.0966. The van der Waals surface area contributed by atoms with E-state index in [9.17, 15) is 4.79 Å². The van der Waals surface area contributed by atoms with Crippen LogP contribution >= 0.6 is 0 Å². The predicted molar refractivity (Wildman–Crippen MR) is 78.0 cm³/mol. The van der Waals surface area contributed by atoms with Gasteiger partial charge in [0.05, 0.1) is 13.7 Å². The monoisotopic (exact) mass is 287 g/mol.